The maximum Gasteiger partial charge on any atom is 0.122 e. The van der Waals surface area contributed by atoms with E-state index in [-0.39, 0.29) is 6.04 Å². The molecule has 4 nitrogen and oxygen atoms in total. The maximum atomic E-state index is 5.72. The van der Waals surface area contributed by atoms with Gasteiger partial charge in [-0.15, -0.1) is 0 Å². The smallest absolute Gasteiger partial charge is 0.122 e. The average Bonchev–Trinajstić information content (AvgIpc) is 2.46. The molecule has 1 aromatic carbocycles. The lowest BCUT2D eigenvalue weighted by Crippen LogP contribution is -2.45. The zero-order chi connectivity index (χ0) is 13.7. The van der Waals surface area contributed by atoms with E-state index in [1.807, 2.05) is 12.1 Å². The summed E-state index contributed by atoms with van der Waals surface area (Å²) in [6.45, 7) is 1.65. The summed E-state index contributed by atoms with van der Waals surface area (Å²) in [5.41, 5.74) is 4.10. The molecule has 0 spiro atoms. The van der Waals surface area contributed by atoms with Crippen LogP contribution in [0.5, 0.6) is 5.75 Å². The highest BCUT2D eigenvalue weighted by Crippen LogP contribution is 2.27. The Balaban J connectivity index is 2.10. The Morgan fingerprint density at radius 3 is 3.05 bits per heavy atom. The molecule has 106 valence electrons. The van der Waals surface area contributed by atoms with Crippen LogP contribution in [0, 0.1) is 5.92 Å². The van der Waals surface area contributed by atoms with E-state index < -0.39 is 0 Å². The Labute approximate surface area is 122 Å². The molecule has 0 bridgehead atoms. The highest BCUT2D eigenvalue weighted by atomic mass is 79.9. The van der Waals surface area contributed by atoms with Gasteiger partial charge in [0.05, 0.1) is 13.7 Å². The first-order valence-electron chi connectivity index (χ1n) is 6.61. The van der Waals surface area contributed by atoms with E-state index in [0.717, 1.165) is 48.3 Å². The summed E-state index contributed by atoms with van der Waals surface area (Å²) in [7, 11) is 1.70. The molecule has 3 N–H and O–H groups in total. The summed E-state index contributed by atoms with van der Waals surface area (Å²) >= 11 is 3.50. The molecule has 1 aromatic rings. The number of rotatable bonds is 5. The number of hydrazine groups is 1. The van der Waals surface area contributed by atoms with Crippen molar-refractivity contribution >= 4 is 15.9 Å². The molecule has 0 amide bonds. The van der Waals surface area contributed by atoms with Crippen molar-refractivity contribution in [1.82, 2.24) is 5.43 Å². The number of nitrogens with two attached hydrogens (primary N) is 1. The largest absolute Gasteiger partial charge is 0.496 e. The summed E-state index contributed by atoms with van der Waals surface area (Å²) < 4.78 is 12.0. The van der Waals surface area contributed by atoms with Crippen LogP contribution in [0.1, 0.15) is 18.4 Å². The van der Waals surface area contributed by atoms with Crippen LogP contribution in [0.3, 0.4) is 0 Å². The lowest BCUT2D eigenvalue weighted by molar-refractivity contribution is 0.0392. The summed E-state index contributed by atoms with van der Waals surface area (Å²) in [4.78, 5) is 0. The van der Waals surface area contributed by atoms with Gasteiger partial charge in [-0.2, -0.15) is 0 Å². The third kappa shape index (κ3) is 3.92. The predicted molar refractivity (Wildman–Crippen MR) is 79.1 cm³/mol. The van der Waals surface area contributed by atoms with Gasteiger partial charge >= 0.3 is 0 Å². The number of nitrogens with one attached hydrogen (secondary N) is 1. The van der Waals surface area contributed by atoms with Gasteiger partial charge in [-0.25, -0.2) is 0 Å². The highest BCUT2D eigenvalue weighted by molar-refractivity contribution is 9.10. The Kier molecular flexibility index (Phi) is 5.63. The molecule has 1 fully saturated rings. The first kappa shape index (κ1) is 14.8. The van der Waals surface area contributed by atoms with Crippen LogP contribution in [0.4, 0.5) is 0 Å². The molecular formula is C14H21BrN2O2. The number of methoxy groups -OCH3 is 1. The van der Waals surface area contributed by atoms with Crippen molar-refractivity contribution in [3.8, 4) is 5.75 Å². The number of benzene rings is 1. The molecule has 1 aliphatic rings. The molecule has 0 aromatic heterocycles. The third-order valence-electron chi connectivity index (χ3n) is 3.66. The first-order valence-corrected chi connectivity index (χ1v) is 7.40. The van der Waals surface area contributed by atoms with Crippen LogP contribution < -0.4 is 16.0 Å². The van der Waals surface area contributed by atoms with Gasteiger partial charge in [0.1, 0.15) is 5.75 Å². The molecule has 0 saturated carbocycles. The predicted octanol–water partition coefficient (Wildman–Crippen LogP) is 2.26. The molecule has 19 heavy (non-hydrogen) atoms. The fraction of sp³-hybridized carbons (Fsp3) is 0.571. The summed E-state index contributed by atoms with van der Waals surface area (Å²) in [6, 6.07) is 6.26. The fourth-order valence-corrected chi connectivity index (χ4v) is 3.00. The number of hydrogen-bond donors (Lipinski definition) is 2. The quantitative estimate of drug-likeness (QED) is 0.643. The normalized spacial score (nSPS) is 21.1. The Morgan fingerprint density at radius 2 is 2.42 bits per heavy atom. The molecule has 2 unspecified atom stereocenters. The van der Waals surface area contributed by atoms with Crippen LogP contribution in [-0.4, -0.2) is 26.4 Å². The summed E-state index contributed by atoms with van der Waals surface area (Å²) in [5, 5.41) is 0. The average molecular weight is 329 g/mol. The van der Waals surface area contributed by atoms with Crippen molar-refractivity contribution in [2.45, 2.75) is 25.3 Å². The lowest BCUT2D eigenvalue weighted by Gasteiger charge is -2.30. The van der Waals surface area contributed by atoms with Gasteiger partial charge in [0.2, 0.25) is 0 Å². The fourth-order valence-electron chi connectivity index (χ4n) is 2.59. The molecule has 0 radical (unpaired) electrons. The van der Waals surface area contributed by atoms with Gasteiger partial charge < -0.3 is 9.47 Å². The van der Waals surface area contributed by atoms with Crippen LogP contribution >= 0.6 is 15.9 Å². The first-order chi connectivity index (χ1) is 9.24. The Morgan fingerprint density at radius 1 is 1.58 bits per heavy atom. The second kappa shape index (κ2) is 7.24. The maximum absolute atomic E-state index is 5.72. The van der Waals surface area contributed by atoms with E-state index in [2.05, 4.69) is 27.4 Å². The number of hydrogen-bond acceptors (Lipinski definition) is 4. The Bertz CT molecular complexity index is 408. The molecule has 2 rings (SSSR count). The lowest BCUT2D eigenvalue weighted by atomic mass is 9.89. The zero-order valence-electron chi connectivity index (χ0n) is 11.2. The van der Waals surface area contributed by atoms with Crippen molar-refractivity contribution in [3.63, 3.8) is 0 Å². The van der Waals surface area contributed by atoms with Gasteiger partial charge in [-0.1, -0.05) is 15.9 Å². The van der Waals surface area contributed by atoms with E-state index >= 15 is 0 Å². The molecule has 0 aliphatic carbocycles. The van der Waals surface area contributed by atoms with E-state index in [9.17, 15) is 0 Å². The van der Waals surface area contributed by atoms with Crippen molar-refractivity contribution in [1.29, 1.82) is 0 Å². The van der Waals surface area contributed by atoms with Crippen molar-refractivity contribution in [2.24, 2.45) is 11.8 Å². The Hall–Kier alpha value is -0.620. The monoisotopic (exact) mass is 328 g/mol. The summed E-state index contributed by atoms with van der Waals surface area (Å²) in [6.07, 6.45) is 3.11. The third-order valence-corrected chi connectivity index (χ3v) is 4.15. The van der Waals surface area contributed by atoms with Gasteiger partial charge in [0, 0.05) is 17.1 Å². The zero-order valence-corrected chi connectivity index (χ0v) is 12.8. The molecule has 2 atom stereocenters. The van der Waals surface area contributed by atoms with Gasteiger partial charge in [0.25, 0.3) is 0 Å². The molecule has 1 heterocycles. The number of ether oxygens (including phenoxy) is 2. The molecule has 5 heteroatoms. The molecular weight excluding hydrogens is 308 g/mol. The van der Waals surface area contributed by atoms with Gasteiger partial charge in [0.15, 0.2) is 0 Å². The highest BCUT2D eigenvalue weighted by Gasteiger charge is 2.24. The van der Waals surface area contributed by atoms with E-state index in [1.165, 1.54) is 0 Å². The second-order valence-corrected chi connectivity index (χ2v) is 5.83. The van der Waals surface area contributed by atoms with E-state index in [1.54, 1.807) is 7.11 Å². The van der Waals surface area contributed by atoms with Gasteiger partial charge in [-0.3, -0.25) is 11.3 Å². The summed E-state index contributed by atoms with van der Waals surface area (Å²) in [5.74, 6) is 7.09. The van der Waals surface area contributed by atoms with Crippen LogP contribution in [0.2, 0.25) is 0 Å². The minimum atomic E-state index is 0.212. The van der Waals surface area contributed by atoms with Crippen LogP contribution in [0.25, 0.3) is 0 Å². The van der Waals surface area contributed by atoms with Crippen molar-refractivity contribution in [2.75, 3.05) is 20.3 Å². The van der Waals surface area contributed by atoms with E-state index in [0.29, 0.717) is 5.92 Å². The van der Waals surface area contributed by atoms with Crippen LogP contribution in [0.15, 0.2) is 22.7 Å². The SMILES string of the molecule is COc1ccc(Br)cc1CC(NN)C1CCCOC1. The van der Waals surface area contributed by atoms with Crippen molar-refractivity contribution in [3.05, 3.63) is 28.2 Å². The van der Waals surface area contributed by atoms with Crippen molar-refractivity contribution < 1.29 is 9.47 Å². The standard InChI is InChI=1S/C14H21BrN2O2/c1-18-14-5-4-12(15)7-11(14)8-13(17-16)10-3-2-6-19-9-10/h4-5,7,10,13,17H,2-3,6,8-9,16H2,1H3. The minimum Gasteiger partial charge on any atom is -0.496 e. The van der Waals surface area contributed by atoms with E-state index in [4.69, 9.17) is 15.3 Å². The topological polar surface area (TPSA) is 56.5 Å². The molecule has 1 saturated heterocycles. The van der Waals surface area contributed by atoms with Crippen LogP contribution in [-0.2, 0) is 11.2 Å². The molecule has 1 aliphatic heterocycles. The second-order valence-electron chi connectivity index (χ2n) is 4.91. The minimum absolute atomic E-state index is 0.212. The number of halogens is 1. The van der Waals surface area contributed by atoms with Gasteiger partial charge in [-0.05, 0) is 48.9 Å².